The third-order valence-electron chi connectivity index (χ3n) is 40.9. The molecule has 20 rings (SSSR count). The van der Waals surface area contributed by atoms with Gasteiger partial charge in [0.25, 0.3) is 11.1 Å². The van der Waals surface area contributed by atoms with Gasteiger partial charge in [0.2, 0.25) is 5.97 Å². The van der Waals surface area contributed by atoms with Gasteiger partial charge in [-0.15, -0.1) is 0 Å². The van der Waals surface area contributed by atoms with Crippen LogP contribution in [0.2, 0.25) is 0 Å². The summed E-state index contributed by atoms with van der Waals surface area (Å²) >= 11 is 5.16. The van der Waals surface area contributed by atoms with Crippen LogP contribution in [0, 0.1) is 262 Å². The van der Waals surface area contributed by atoms with Crippen LogP contribution in [0.5, 0.6) is 0 Å². The van der Waals surface area contributed by atoms with Crippen LogP contribution in [0.25, 0.3) is 0 Å². The number of Topliss-reactive ketones (excluding diaryl/α,β-unsaturated/α-hetero) is 1. The first-order valence-electron chi connectivity index (χ1n) is 52.7. The van der Waals surface area contributed by atoms with Crippen molar-refractivity contribution >= 4 is 54.5 Å². The van der Waals surface area contributed by atoms with Crippen molar-refractivity contribution in [2.24, 2.45) is 149 Å². The maximum atomic E-state index is 12.9. The minimum absolute atomic E-state index is 0. The molecule has 1 amide bonds. The molecule has 4 aromatic rings. The average Bonchev–Trinajstić information content (AvgIpc) is 1.41. The molecule has 16 aliphatic carbocycles. The first-order valence-corrected chi connectivity index (χ1v) is 53.1. The zero-order chi connectivity index (χ0) is 98.3. The number of nitrogens with two attached hydrogens (primary N) is 2. The third kappa shape index (κ3) is 31.5. The van der Waals surface area contributed by atoms with Crippen molar-refractivity contribution in [1.82, 2.24) is 10.6 Å². The van der Waals surface area contributed by atoms with Crippen molar-refractivity contribution in [1.29, 1.82) is 0 Å². The molecule has 11 N–H and O–H groups in total. The van der Waals surface area contributed by atoms with Gasteiger partial charge in [-0.05, 0) is 420 Å². The van der Waals surface area contributed by atoms with E-state index in [-0.39, 0.29) is 200 Å². The minimum Gasteiger partial charge on any atom is -0.793 e. The summed E-state index contributed by atoms with van der Waals surface area (Å²) in [6.07, 6.45) is 43.7. The smallest absolute Gasteiger partial charge is 0.793 e. The summed E-state index contributed by atoms with van der Waals surface area (Å²) in [4.78, 5) is 72.5. The number of benzene rings is 4. The fourth-order valence-corrected chi connectivity index (χ4v) is 33.2. The molecule has 144 heavy (non-hydrogen) atoms. The second kappa shape index (κ2) is 58.0. The van der Waals surface area contributed by atoms with Gasteiger partial charge in [0, 0.05) is 207 Å². The molecule has 0 saturated heterocycles. The van der Waals surface area contributed by atoms with E-state index in [0.717, 1.165) is 187 Å². The van der Waals surface area contributed by atoms with Gasteiger partial charge in [0.05, 0.1) is 22.4 Å². The molecule has 16 aliphatic rings. The van der Waals surface area contributed by atoms with E-state index in [9.17, 15) is 49.2 Å². The predicted octanol–water partition coefficient (Wildman–Crippen LogP) is 22.0. The standard InChI is InChI=1S/C27H39NO2.C27H41NO.C20H35NO.C20H32O2.C7H5ClO.C7H9N.C4H6O4.C2H3BO2.CH4O.4CH4.Na.4U/c1-25(30)15-16-26(2)19(17-25)9-10-20-21-11-12-23(27(21,3)14-13-22(20)26)28-24(29)18-7-5-4-6-8-18;1-25(29)15-16-26(2)20(17-25)9-10-21-22-11-12-24(27(22,3)14-13-23(21)26)28-18-19-7-5-4-6-8-19;2*1-18(22)10-11-19(2)13(12-18)4-5-14-15-6-7-17(21)20(15,3)9-8-16(14)19;8-7(9)6-4-2-1-3-5-6;8-6-7-4-2-1-3-5-7;1-3(5)7-8-4(2)6;1-2(4)5-3;1-2;;;;;;;;;/h4-8,19-23,30H,9-17H2,1-3H3,(H,28,29);4-8,20-24,28-29H,9-18H2,1-3H3;13-17,22H,4-12,21H2,1-3H3;13-16,22H,4-12H2,1-3H3;1-5H;1-5H,6,8H2;1-2H3;1H3;2H,1H3;4*1H4;;;;;/q;;;;;;;-1;;;;;;+1;;;;/t19-,20-,21-,22-,23-,25+,26-,27-;20-,21-,22-,23-,24-,25+,26-,27-;13-,14-,15-,16-,17-,18+,19-,20-;13-,14-,15-,16-,18+,19-,20-;;;;;;;;;;;;;;/m0000............../s1. The summed E-state index contributed by atoms with van der Waals surface area (Å²) in [6, 6.07) is 40.7. The van der Waals surface area contributed by atoms with E-state index in [1.807, 2.05) is 80.6 Å². The normalized spacial score (nSPS) is 39.8. The molecule has 16 saturated carbocycles. The van der Waals surface area contributed by atoms with E-state index >= 15 is 0 Å². The Kier molecular flexibility index (Phi) is 55.4. The van der Waals surface area contributed by atoms with Crippen LogP contribution >= 0.6 is 11.6 Å². The molecule has 4 aromatic carbocycles. The Morgan fingerprint density at radius 2 is 0.674 bits per heavy atom. The Balaban J connectivity index is 0.000000441. The molecular weight excluding hydrogens is 2730 g/mol. The minimum atomic E-state index is -0.639. The van der Waals surface area contributed by atoms with Crippen LogP contribution in [0.1, 0.15) is 397 Å². The second-order valence-corrected chi connectivity index (χ2v) is 49.1. The molecule has 16 fully saturated rings. The predicted molar refractivity (Wildman–Crippen MR) is 564 cm³/mol. The molecule has 3 radical (unpaired) electrons. The van der Waals surface area contributed by atoms with Gasteiger partial charge in [0.1, 0.15) is 5.78 Å². The summed E-state index contributed by atoms with van der Waals surface area (Å²) in [5.41, 5.74) is 17.0. The van der Waals surface area contributed by atoms with E-state index in [1.54, 1.807) is 24.3 Å². The van der Waals surface area contributed by atoms with Gasteiger partial charge in [0.15, 0.2) is 0 Å². The molecule has 0 heterocycles. The Hall–Kier alpha value is -0.657. The van der Waals surface area contributed by atoms with Crippen LogP contribution in [0.15, 0.2) is 121 Å². The third-order valence-corrected chi connectivity index (χ3v) is 41.1. The first-order chi connectivity index (χ1) is 63.7. The molecule has 25 heteroatoms. The molecule has 797 valence electrons. The maximum Gasteiger partial charge on any atom is 1.00 e. The fraction of sp³-hybridized carbons (Fsp3) is 0.748. The van der Waals surface area contributed by atoms with E-state index in [1.165, 1.54) is 172 Å². The number of carbonyl (C=O) groups is 6. The monoisotopic (exact) mass is 2920 g/mol. The van der Waals surface area contributed by atoms with Gasteiger partial charge in [-0.25, -0.2) is 19.4 Å². The van der Waals surface area contributed by atoms with Crippen molar-refractivity contribution in [3.8, 4) is 0 Å². The van der Waals surface area contributed by atoms with Crippen molar-refractivity contribution in [3.63, 3.8) is 0 Å². The van der Waals surface area contributed by atoms with Crippen LogP contribution in [-0.2, 0) is 46.7 Å². The summed E-state index contributed by atoms with van der Waals surface area (Å²) in [5, 5.41) is 56.4. The van der Waals surface area contributed by atoms with Gasteiger partial charge < -0.3 is 60.3 Å². The number of nitrogens with one attached hydrogen (secondary N) is 2. The van der Waals surface area contributed by atoms with Crippen LogP contribution in [-0.4, -0.2) is 116 Å². The van der Waals surface area contributed by atoms with Gasteiger partial charge in [-0.2, -0.15) is 0 Å². The van der Waals surface area contributed by atoms with E-state index in [0.29, 0.717) is 86.3 Å². The number of ketones is 1. The Bertz CT molecular complexity index is 4580. The number of amides is 1. The van der Waals surface area contributed by atoms with Gasteiger partial charge in [-0.3, -0.25) is 19.2 Å². The van der Waals surface area contributed by atoms with Gasteiger partial charge in [-0.1, -0.05) is 194 Å². The average molecular weight is 2920 g/mol. The summed E-state index contributed by atoms with van der Waals surface area (Å²) in [6.45, 7) is 33.5. The topological polar surface area (TPSA) is 307 Å². The number of hydrogen-bond acceptors (Lipinski definition) is 17. The van der Waals surface area contributed by atoms with E-state index in [4.69, 9.17) is 28.2 Å². The number of hydrogen-bond donors (Lipinski definition) is 9. The van der Waals surface area contributed by atoms with E-state index in [2.05, 4.69) is 133 Å². The van der Waals surface area contributed by atoms with Crippen molar-refractivity contribution in [2.75, 3.05) is 7.11 Å². The first kappa shape index (κ1) is 137. The zero-order valence-corrected chi connectivity index (χ0v) is 108. The molecular formula is C119H190BClN4NaO14U4. The molecule has 0 spiro atoms. The Labute approximate surface area is 995 Å². The number of fused-ring (bicyclic) bond motifs is 20. The fourth-order valence-electron chi connectivity index (χ4n) is 33.1. The van der Waals surface area contributed by atoms with E-state index < -0.39 is 45.6 Å². The summed E-state index contributed by atoms with van der Waals surface area (Å²) < 4.78 is 3.61. The van der Waals surface area contributed by atoms with Gasteiger partial charge >= 0.3 is 41.5 Å². The second-order valence-electron chi connectivity index (χ2n) is 48.7. The quantitative estimate of drug-likeness (QED) is 0.0359. The Morgan fingerprint density at radius 1 is 0.375 bits per heavy atom. The van der Waals surface area contributed by atoms with Crippen LogP contribution in [0.4, 0.5) is 0 Å². The number of aliphatic hydroxyl groups is 5. The molecule has 0 unspecified atom stereocenters. The molecule has 0 aromatic heterocycles. The zero-order valence-electron chi connectivity index (χ0n) is 88.4. The van der Waals surface area contributed by atoms with Crippen LogP contribution < -0.4 is 51.7 Å². The largest absolute Gasteiger partial charge is 1.00 e. The van der Waals surface area contributed by atoms with Crippen molar-refractivity contribution in [3.05, 3.63) is 144 Å². The van der Waals surface area contributed by atoms with Crippen molar-refractivity contribution in [2.45, 2.75) is 418 Å². The maximum absolute atomic E-state index is 12.9. The summed E-state index contributed by atoms with van der Waals surface area (Å²) in [5.74, 6) is 11.7. The number of halogens is 1. The summed E-state index contributed by atoms with van der Waals surface area (Å²) in [7, 11) is 5.32. The molecule has 0 bridgehead atoms. The Morgan fingerprint density at radius 3 is 1.01 bits per heavy atom. The number of carbonyl (C=O) groups excluding carboxylic acids is 6. The SMILES string of the molecule is C.C.C.C.CC(=O)OOC(C)=O.CO.C[C@@]1(O)CC[C@@]2(C)[C@@H](CC[C@@H]3[C@@H]2CC[C@]2(C)C(=O)CC[C@@H]32)C1.C[C@@]1(O)CC[C@@]2(C)[C@@H](CC[C@@H]3[C@@H]2CC[C@]2(C)[C@@H](N)CC[C@@H]32)C1.C[C@@]1(O)CC[C@@]2(C)[C@@H](CC[C@@H]3[C@@H]2CC[C@]2(C)[C@@H](NC(=O)c4ccccc4)CC[C@@H]32)C1.C[C@@]1(O)CC[C@@]2(C)[C@@H](CC[C@@H]3[C@@H]2CC[C@]2(C)[C@@H](NCc4ccccc4)CC[C@@H]32)C1.NCc1ccccc1.O=C(Cl)c1ccccc1.[B-]OC(C)=O.[Na+].[U].[U].[U].[U]. The molecule has 18 nitrogen and oxygen atoms in total. The number of rotatable bonds is 7. The van der Waals surface area contributed by atoms with Crippen LogP contribution in [0.3, 0.4) is 0 Å². The van der Waals surface area contributed by atoms with Crippen molar-refractivity contribution < 1.29 is 223 Å². The molecule has 0 aliphatic heterocycles. The number of aliphatic hydroxyl groups excluding tert-OH is 1. The molecule has 31 atom stereocenters.